The number of amides is 1. The minimum Gasteiger partial charge on any atom is -0.355 e. The molecule has 0 saturated carbocycles. The fourth-order valence-electron chi connectivity index (χ4n) is 3.45. The van der Waals surface area contributed by atoms with Crippen LogP contribution in [0, 0.1) is 0 Å². The zero-order valence-corrected chi connectivity index (χ0v) is 15.7. The first-order valence-corrected chi connectivity index (χ1v) is 9.31. The molecule has 1 aliphatic heterocycles. The highest BCUT2D eigenvalue weighted by molar-refractivity contribution is 5.95. The number of hydrogen-bond acceptors (Lipinski definition) is 6. The summed E-state index contributed by atoms with van der Waals surface area (Å²) in [5.41, 5.74) is 2.68. The van der Waals surface area contributed by atoms with Crippen LogP contribution in [0.5, 0.6) is 0 Å². The molecular formula is C21H22N6O. The summed E-state index contributed by atoms with van der Waals surface area (Å²) in [6.07, 6.45) is 2.59. The van der Waals surface area contributed by atoms with E-state index < -0.39 is 0 Å². The van der Waals surface area contributed by atoms with Crippen molar-refractivity contribution in [2.24, 2.45) is 0 Å². The molecule has 28 heavy (non-hydrogen) atoms. The van der Waals surface area contributed by atoms with Crippen LogP contribution in [0.3, 0.4) is 0 Å². The van der Waals surface area contributed by atoms with Crippen molar-refractivity contribution in [2.45, 2.75) is 12.3 Å². The summed E-state index contributed by atoms with van der Waals surface area (Å²) in [4.78, 5) is 27.1. The molecule has 1 aromatic heterocycles. The Morgan fingerprint density at radius 1 is 1.11 bits per heavy atom. The Hall–Kier alpha value is -3.48. The fourth-order valence-corrected chi connectivity index (χ4v) is 3.45. The number of carbonyl (C=O) groups is 1. The van der Waals surface area contributed by atoms with Crippen LogP contribution in [0.15, 0.2) is 60.9 Å². The topological polar surface area (TPSA) is 83.0 Å². The first-order valence-electron chi connectivity index (χ1n) is 9.31. The first-order chi connectivity index (χ1) is 13.7. The third-order valence-corrected chi connectivity index (χ3v) is 4.91. The van der Waals surface area contributed by atoms with Crippen molar-refractivity contribution in [1.29, 1.82) is 0 Å². The molecule has 1 aliphatic rings. The minimum atomic E-state index is -0.135. The number of rotatable bonds is 5. The molecule has 1 saturated heterocycles. The van der Waals surface area contributed by atoms with Gasteiger partial charge in [-0.15, -0.1) is 0 Å². The van der Waals surface area contributed by atoms with Gasteiger partial charge in [0, 0.05) is 37.3 Å². The number of carbonyl (C=O) groups excluding carboxylic acids is 1. The summed E-state index contributed by atoms with van der Waals surface area (Å²) in [6.45, 7) is 1.80. The Labute approximate surface area is 163 Å². The summed E-state index contributed by atoms with van der Waals surface area (Å²) >= 11 is 0. The van der Waals surface area contributed by atoms with Crippen molar-refractivity contribution in [3.05, 3.63) is 72.1 Å². The van der Waals surface area contributed by atoms with Gasteiger partial charge < -0.3 is 15.5 Å². The molecular weight excluding hydrogens is 352 g/mol. The van der Waals surface area contributed by atoms with Crippen LogP contribution in [-0.4, -0.2) is 41.0 Å². The molecule has 2 N–H and O–H groups in total. The molecule has 0 aliphatic carbocycles. The maximum atomic E-state index is 11.8. The smallest absolute Gasteiger partial charge is 0.251 e. The Bertz CT molecular complexity index is 962. The van der Waals surface area contributed by atoms with Crippen molar-refractivity contribution in [1.82, 2.24) is 20.3 Å². The Balaban J connectivity index is 1.47. The maximum absolute atomic E-state index is 11.8. The van der Waals surface area contributed by atoms with Gasteiger partial charge in [0.15, 0.2) is 0 Å². The van der Waals surface area contributed by atoms with Gasteiger partial charge in [0.2, 0.25) is 11.9 Å². The van der Waals surface area contributed by atoms with Crippen LogP contribution in [0.4, 0.5) is 17.6 Å². The predicted molar refractivity (Wildman–Crippen MR) is 109 cm³/mol. The number of hydrogen-bond donors (Lipinski definition) is 2. The van der Waals surface area contributed by atoms with E-state index in [4.69, 9.17) is 0 Å². The number of nitrogens with one attached hydrogen (secondary N) is 2. The van der Waals surface area contributed by atoms with Gasteiger partial charge in [-0.05, 0) is 30.2 Å². The van der Waals surface area contributed by atoms with Gasteiger partial charge in [-0.2, -0.15) is 4.98 Å². The third kappa shape index (κ3) is 3.93. The summed E-state index contributed by atoms with van der Waals surface area (Å²) in [5, 5.41) is 5.78. The van der Waals surface area contributed by atoms with E-state index in [-0.39, 0.29) is 5.91 Å². The molecule has 0 radical (unpaired) electrons. The highest BCUT2D eigenvalue weighted by Gasteiger charge is 2.25. The second-order valence-corrected chi connectivity index (χ2v) is 6.74. The molecule has 7 nitrogen and oxygen atoms in total. The Kier molecular flexibility index (Phi) is 5.14. The summed E-state index contributed by atoms with van der Waals surface area (Å²) in [7, 11) is 1.61. The van der Waals surface area contributed by atoms with Gasteiger partial charge in [-0.3, -0.25) is 4.79 Å². The van der Waals surface area contributed by atoms with Crippen LogP contribution in [0.1, 0.15) is 28.3 Å². The first kappa shape index (κ1) is 17.9. The second kappa shape index (κ2) is 8.04. The van der Waals surface area contributed by atoms with Gasteiger partial charge in [-0.1, -0.05) is 36.4 Å². The van der Waals surface area contributed by atoms with Gasteiger partial charge in [0.25, 0.3) is 5.91 Å². The monoisotopic (exact) mass is 374 g/mol. The zero-order chi connectivity index (χ0) is 19.3. The van der Waals surface area contributed by atoms with Crippen molar-refractivity contribution in [3.8, 4) is 0 Å². The molecule has 1 atom stereocenters. The molecule has 2 aromatic carbocycles. The number of nitrogens with zero attached hydrogens (tertiary/aromatic N) is 4. The predicted octanol–water partition coefficient (Wildman–Crippen LogP) is 2.97. The quantitative estimate of drug-likeness (QED) is 0.714. The van der Waals surface area contributed by atoms with Crippen LogP contribution in [0.2, 0.25) is 0 Å². The summed E-state index contributed by atoms with van der Waals surface area (Å²) < 4.78 is 0. The van der Waals surface area contributed by atoms with E-state index in [2.05, 4.69) is 54.8 Å². The molecule has 0 spiro atoms. The average Bonchev–Trinajstić information content (AvgIpc) is 3.25. The lowest BCUT2D eigenvalue weighted by molar-refractivity contribution is 0.0963. The van der Waals surface area contributed by atoms with E-state index in [0.29, 0.717) is 23.4 Å². The molecule has 1 fully saturated rings. The Morgan fingerprint density at radius 2 is 1.96 bits per heavy atom. The van der Waals surface area contributed by atoms with Crippen LogP contribution >= 0.6 is 0 Å². The van der Waals surface area contributed by atoms with E-state index in [0.717, 1.165) is 25.2 Å². The van der Waals surface area contributed by atoms with Gasteiger partial charge >= 0.3 is 0 Å². The third-order valence-electron chi connectivity index (χ3n) is 4.91. The van der Waals surface area contributed by atoms with Crippen LogP contribution in [0.25, 0.3) is 0 Å². The Morgan fingerprint density at radius 3 is 2.79 bits per heavy atom. The molecule has 0 unspecified atom stereocenters. The van der Waals surface area contributed by atoms with Gasteiger partial charge in [0.05, 0.1) is 0 Å². The largest absolute Gasteiger partial charge is 0.355 e. The second-order valence-electron chi connectivity index (χ2n) is 6.74. The van der Waals surface area contributed by atoms with Gasteiger partial charge in [-0.25, -0.2) is 9.97 Å². The summed E-state index contributed by atoms with van der Waals surface area (Å²) in [5.74, 6) is 1.48. The normalized spacial score (nSPS) is 16.0. The average molecular weight is 374 g/mol. The minimum absolute atomic E-state index is 0.135. The van der Waals surface area contributed by atoms with E-state index in [1.54, 1.807) is 19.2 Å². The van der Waals surface area contributed by atoms with Crippen LogP contribution in [-0.2, 0) is 0 Å². The van der Waals surface area contributed by atoms with E-state index in [1.165, 1.54) is 11.9 Å². The SMILES string of the molecule is CNC(=O)c1cccc(Nc2ncnc(N3CC[C@@H](c4ccccc4)C3)n2)c1. The number of anilines is 3. The molecule has 0 bridgehead atoms. The maximum Gasteiger partial charge on any atom is 0.251 e. The molecule has 1 amide bonds. The zero-order valence-electron chi connectivity index (χ0n) is 15.7. The highest BCUT2D eigenvalue weighted by Crippen LogP contribution is 2.29. The van der Waals surface area contributed by atoms with Crippen molar-refractivity contribution >= 4 is 23.5 Å². The lowest BCUT2D eigenvalue weighted by atomic mass is 9.99. The standard InChI is InChI=1S/C21H22N6O/c1-22-19(28)16-8-5-9-18(12-16)25-20-23-14-24-21(26-20)27-11-10-17(13-27)15-6-3-2-4-7-15/h2-9,12,14,17H,10-11,13H2,1H3,(H,22,28)(H,23,24,25,26)/t17-/m1/s1. The van der Waals surface area contributed by atoms with Crippen molar-refractivity contribution < 1.29 is 4.79 Å². The van der Waals surface area contributed by atoms with Crippen molar-refractivity contribution in [2.75, 3.05) is 30.4 Å². The molecule has 7 heteroatoms. The van der Waals surface area contributed by atoms with Crippen molar-refractivity contribution in [3.63, 3.8) is 0 Å². The van der Waals surface area contributed by atoms with E-state index in [9.17, 15) is 4.79 Å². The van der Waals surface area contributed by atoms with E-state index >= 15 is 0 Å². The highest BCUT2D eigenvalue weighted by atomic mass is 16.1. The lowest BCUT2D eigenvalue weighted by Gasteiger charge is -2.17. The fraction of sp³-hybridized carbons (Fsp3) is 0.238. The van der Waals surface area contributed by atoms with E-state index in [1.807, 2.05) is 18.2 Å². The lowest BCUT2D eigenvalue weighted by Crippen LogP contribution is -2.22. The molecule has 3 aromatic rings. The molecule has 4 rings (SSSR count). The number of benzene rings is 2. The number of aromatic nitrogens is 3. The molecule has 2 heterocycles. The van der Waals surface area contributed by atoms with Gasteiger partial charge in [0.1, 0.15) is 6.33 Å². The van der Waals surface area contributed by atoms with Crippen LogP contribution < -0.4 is 15.5 Å². The summed E-state index contributed by atoms with van der Waals surface area (Å²) in [6, 6.07) is 17.8. The molecule has 142 valence electrons.